The molecule has 0 aliphatic carbocycles. The van der Waals surface area contributed by atoms with Crippen LogP contribution in [0.4, 0.5) is 0 Å². The van der Waals surface area contributed by atoms with Gasteiger partial charge in [0.2, 0.25) is 0 Å². The summed E-state index contributed by atoms with van der Waals surface area (Å²) in [5, 5.41) is 8.79. The van der Waals surface area contributed by atoms with Crippen molar-refractivity contribution < 1.29 is 24.2 Å². The molecule has 0 fully saturated rings. The largest absolute Gasteiger partial charge is 0.478 e. The number of benzene rings is 2. The minimum Gasteiger partial charge on any atom is -0.478 e. The number of methoxy groups -OCH3 is 1. The number of carbonyl (C=O) groups is 2. The molecule has 2 aromatic rings. The van der Waals surface area contributed by atoms with Crippen molar-refractivity contribution in [2.75, 3.05) is 7.11 Å². The third kappa shape index (κ3) is 3.14. The number of rotatable bonds is 4. The molecule has 0 amide bonds. The van der Waals surface area contributed by atoms with Crippen LogP contribution < -0.4 is 4.74 Å². The number of carboxylic acids is 1. The molecule has 2 rings (SSSR count). The highest BCUT2D eigenvalue weighted by Gasteiger charge is 2.06. The van der Waals surface area contributed by atoms with Crippen LogP contribution in [-0.2, 0) is 4.74 Å². The molecule has 0 saturated carbocycles. The molecule has 0 aliphatic heterocycles. The lowest BCUT2D eigenvalue weighted by Gasteiger charge is -2.06. The standard InChI is InChI=1S/C15H12O5/c1-19-15(18)11-4-8-13(9-5-11)20-12-6-2-10(3-7-12)14(16)17/h2-9H,1H3,(H,16,17). The molecule has 0 radical (unpaired) electrons. The van der Waals surface area contributed by atoms with E-state index in [1.165, 1.54) is 19.2 Å². The zero-order valence-electron chi connectivity index (χ0n) is 10.7. The van der Waals surface area contributed by atoms with E-state index in [2.05, 4.69) is 4.74 Å². The summed E-state index contributed by atoms with van der Waals surface area (Å²) in [7, 11) is 1.32. The summed E-state index contributed by atoms with van der Waals surface area (Å²) in [6.45, 7) is 0. The number of esters is 1. The molecule has 5 heteroatoms. The number of ether oxygens (including phenoxy) is 2. The van der Waals surface area contributed by atoms with Gasteiger partial charge in [-0.05, 0) is 48.5 Å². The van der Waals surface area contributed by atoms with Crippen LogP contribution in [0.5, 0.6) is 11.5 Å². The van der Waals surface area contributed by atoms with Gasteiger partial charge in [-0.15, -0.1) is 0 Å². The van der Waals surface area contributed by atoms with Crippen molar-refractivity contribution in [2.24, 2.45) is 0 Å². The van der Waals surface area contributed by atoms with Crippen molar-refractivity contribution in [2.45, 2.75) is 0 Å². The summed E-state index contributed by atoms with van der Waals surface area (Å²) in [6.07, 6.45) is 0. The summed E-state index contributed by atoms with van der Waals surface area (Å²) >= 11 is 0. The highest BCUT2D eigenvalue weighted by atomic mass is 16.5. The molecule has 0 unspecified atom stereocenters. The van der Waals surface area contributed by atoms with Gasteiger partial charge in [0.25, 0.3) is 0 Å². The Bertz CT molecular complexity index is 614. The SMILES string of the molecule is COC(=O)c1ccc(Oc2ccc(C(=O)O)cc2)cc1. The first-order valence-electron chi connectivity index (χ1n) is 5.80. The molecule has 20 heavy (non-hydrogen) atoms. The molecule has 1 N–H and O–H groups in total. The van der Waals surface area contributed by atoms with Gasteiger partial charge < -0.3 is 14.6 Å². The van der Waals surface area contributed by atoms with Crippen LogP contribution >= 0.6 is 0 Å². The van der Waals surface area contributed by atoms with E-state index in [9.17, 15) is 9.59 Å². The third-order valence-corrected chi connectivity index (χ3v) is 2.61. The Morgan fingerprint density at radius 3 is 1.70 bits per heavy atom. The first-order valence-corrected chi connectivity index (χ1v) is 5.80. The van der Waals surface area contributed by atoms with Crippen molar-refractivity contribution in [3.8, 4) is 11.5 Å². The first-order chi connectivity index (χ1) is 9.60. The molecule has 2 aromatic carbocycles. The number of hydrogen-bond acceptors (Lipinski definition) is 4. The Labute approximate surface area is 115 Å². The zero-order valence-corrected chi connectivity index (χ0v) is 10.7. The fourth-order valence-electron chi connectivity index (χ4n) is 1.58. The fraction of sp³-hybridized carbons (Fsp3) is 0.0667. The minimum absolute atomic E-state index is 0.193. The van der Waals surface area contributed by atoms with Crippen LogP contribution in [-0.4, -0.2) is 24.2 Å². The van der Waals surface area contributed by atoms with Crippen molar-refractivity contribution in [3.63, 3.8) is 0 Å². The van der Waals surface area contributed by atoms with E-state index < -0.39 is 11.9 Å². The van der Waals surface area contributed by atoms with Gasteiger partial charge in [0.05, 0.1) is 18.2 Å². The van der Waals surface area contributed by atoms with Crippen molar-refractivity contribution in [1.29, 1.82) is 0 Å². The van der Waals surface area contributed by atoms with E-state index >= 15 is 0 Å². The van der Waals surface area contributed by atoms with Crippen molar-refractivity contribution >= 4 is 11.9 Å². The van der Waals surface area contributed by atoms with Gasteiger partial charge in [0.1, 0.15) is 11.5 Å². The van der Waals surface area contributed by atoms with Crippen LogP contribution in [0, 0.1) is 0 Å². The average Bonchev–Trinajstić information content (AvgIpc) is 2.48. The summed E-state index contributed by atoms with van der Waals surface area (Å²) in [4.78, 5) is 22.0. The van der Waals surface area contributed by atoms with Gasteiger partial charge in [-0.3, -0.25) is 0 Å². The smallest absolute Gasteiger partial charge is 0.337 e. The Morgan fingerprint density at radius 1 is 0.850 bits per heavy atom. The highest BCUT2D eigenvalue weighted by molar-refractivity contribution is 5.89. The van der Waals surface area contributed by atoms with Gasteiger partial charge in [0.15, 0.2) is 0 Å². The van der Waals surface area contributed by atoms with E-state index in [1.807, 2.05) is 0 Å². The molecular weight excluding hydrogens is 260 g/mol. The second-order valence-electron chi connectivity index (χ2n) is 3.95. The Kier molecular flexibility index (Phi) is 4.00. The lowest BCUT2D eigenvalue weighted by molar-refractivity contribution is 0.0599. The third-order valence-electron chi connectivity index (χ3n) is 2.61. The molecule has 0 aliphatic rings. The van der Waals surface area contributed by atoms with Gasteiger partial charge >= 0.3 is 11.9 Å². The maximum absolute atomic E-state index is 11.3. The number of carboxylic acid groups (broad SMARTS) is 1. The van der Waals surface area contributed by atoms with E-state index in [1.54, 1.807) is 36.4 Å². The monoisotopic (exact) mass is 272 g/mol. The molecule has 0 heterocycles. The molecule has 0 spiro atoms. The van der Waals surface area contributed by atoms with Crippen molar-refractivity contribution in [3.05, 3.63) is 59.7 Å². The van der Waals surface area contributed by atoms with Crippen LogP contribution in [0.25, 0.3) is 0 Å². The number of hydrogen-bond donors (Lipinski definition) is 1. The predicted octanol–water partition coefficient (Wildman–Crippen LogP) is 2.96. The second kappa shape index (κ2) is 5.88. The van der Waals surface area contributed by atoms with Crippen LogP contribution in [0.1, 0.15) is 20.7 Å². The van der Waals surface area contributed by atoms with Crippen LogP contribution in [0.15, 0.2) is 48.5 Å². The molecular formula is C15H12O5. The molecule has 0 aromatic heterocycles. The summed E-state index contributed by atoms with van der Waals surface area (Å²) < 4.78 is 10.1. The van der Waals surface area contributed by atoms with Gasteiger partial charge in [0, 0.05) is 0 Å². The van der Waals surface area contributed by atoms with E-state index in [4.69, 9.17) is 9.84 Å². The number of carbonyl (C=O) groups excluding carboxylic acids is 1. The Hall–Kier alpha value is -2.82. The Morgan fingerprint density at radius 2 is 1.30 bits per heavy atom. The average molecular weight is 272 g/mol. The molecule has 0 saturated heterocycles. The second-order valence-corrected chi connectivity index (χ2v) is 3.95. The van der Waals surface area contributed by atoms with E-state index in [0.717, 1.165) is 0 Å². The molecule has 5 nitrogen and oxygen atoms in total. The molecule has 0 bridgehead atoms. The Balaban J connectivity index is 2.10. The summed E-state index contributed by atoms with van der Waals surface area (Å²) in [5.74, 6) is -0.345. The number of aromatic carboxylic acids is 1. The van der Waals surface area contributed by atoms with Crippen LogP contribution in [0.2, 0.25) is 0 Å². The normalized spacial score (nSPS) is 9.85. The molecule has 0 atom stereocenters. The summed E-state index contributed by atoms with van der Waals surface area (Å²) in [5.41, 5.74) is 0.625. The maximum atomic E-state index is 11.3. The molecule has 102 valence electrons. The predicted molar refractivity (Wildman–Crippen MR) is 71.3 cm³/mol. The lowest BCUT2D eigenvalue weighted by Crippen LogP contribution is -2.00. The van der Waals surface area contributed by atoms with E-state index in [0.29, 0.717) is 17.1 Å². The van der Waals surface area contributed by atoms with Crippen molar-refractivity contribution in [1.82, 2.24) is 0 Å². The maximum Gasteiger partial charge on any atom is 0.337 e. The van der Waals surface area contributed by atoms with E-state index in [-0.39, 0.29) is 5.56 Å². The lowest BCUT2D eigenvalue weighted by atomic mass is 10.2. The van der Waals surface area contributed by atoms with Gasteiger partial charge in [-0.2, -0.15) is 0 Å². The first kappa shape index (κ1) is 13.6. The van der Waals surface area contributed by atoms with Gasteiger partial charge in [-0.25, -0.2) is 9.59 Å². The quantitative estimate of drug-likeness (QED) is 0.866. The topological polar surface area (TPSA) is 72.8 Å². The van der Waals surface area contributed by atoms with Crippen LogP contribution in [0.3, 0.4) is 0 Å². The minimum atomic E-state index is -0.987. The zero-order chi connectivity index (χ0) is 14.5. The highest BCUT2D eigenvalue weighted by Crippen LogP contribution is 2.22. The van der Waals surface area contributed by atoms with Gasteiger partial charge in [-0.1, -0.05) is 0 Å². The fourth-order valence-corrected chi connectivity index (χ4v) is 1.58. The summed E-state index contributed by atoms with van der Waals surface area (Å²) in [6, 6.07) is 12.5.